The Morgan fingerprint density at radius 3 is 2.40 bits per heavy atom. The smallest absolute Gasteiger partial charge is 0.200 e. The maximum atomic E-state index is 13.9. The third-order valence-electron chi connectivity index (χ3n) is 5.16. The van der Waals surface area contributed by atoms with Crippen LogP contribution >= 0.6 is 12.2 Å². The summed E-state index contributed by atoms with van der Waals surface area (Å²) in [5.74, 6) is -10.2. The van der Waals surface area contributed by atoms with Gasteiger partial charge in [-0.05, 0) is 30.9 Å². The molecular formula is C20H18F5N3OS. The zero-order chi connectivity index (χ0) is 21.9. The van der Waals surface area contributed by atoms with Crippen LogP contribution in [0.25, 0.3) is 0 Å². The zero-order valence-electron chi connectivity index (χ0n) is 15.9. The number of rotatable bonds is 5. The van der Waals surface area contributed by atoms with Crippen LogP contribution in [0.5, 0.6) is 0 Å². The molecule has 1 atom stereocenters. The van der Waals surface area contributed by atoms with Crippen molar-refractivity contribution in [1.82, 2.24) is 10.3 Å². The Bertz CT molecular complexity index is 957. The predicted octanol–water partition coefficient (Wildman–Crippen LogP) is 4.71. The average molecular weight is 443 g/mol. The summed E-state index contributed by atoms with van der Waals surface area (Å²) in [5.41, 5.74) is -0.671. The van der Waals surface area contributed by atoms with Gasteiger partial charge in [-0.15, -0.1) is 0 Å². The molecule has 4 nitrogen and oxygen atoms in total. The van der Waals surface area contributed by atoms with E-state index in [2.05, 4.69) is 15.5 Å². The Morgan fingerprint density at radius 2 is 1.80 bits per heavy atom. The minimum absolute atomic E-state index is 0.466. The normalized spacial score (nSPS) is 20.3. The Kier molecular flexibility index (Phi) is 6.64. The molecule has 0 spiro atoms. The van der Waals surface area contributed by atoms with Gasteiger partial charge in [0.15, 0.2) is 23.3 Å². The molecule has 0 radical (unpaired) electrons. The lowest BCUT2D eigenvalue weighted by atomic mass is 9.68. The topological polar surface area (TPSA) is 46.5 Å². The summed E-state index contributed by atoms with van der Waals surface area (Å²) < 4.78 is 67.8. The van der Waals surface area contributed by atoms with Crippen molar-refractivity contribution >= 4 is 22.9 Å². The highest BCUT2D eigenvalue weighted by Crippen LogP contribution is 2.38. The number of thiocarbonyl (C=S) groups is 1. The van der Waals surface area contributed by atoms with Crippen molar-refractivity contribution in [3.8, 4) is 0 Å². The first-order valence-electron chi connectivity index (χ1n) is 9.16. The molecule has 2 aromatic rings. The van der Waals surface area contributed by atoms with E-state index in [-0.39, 0.29) is 0 Å². The Morgan fingerprint density at radius 1 is 1.13 bits per heavy atom. The number of aromatic nitrogens is 1. The van der Waals surface area contributed by atoms with Crippen LogP contribution in [-0.4, -0.2) is 22.7 Å². The van der Waals surface area contributed by atoms with Gasteiger partial charge in [0.05, 0.1) is 21.7 Å². The summed E-state index contributed by atoms with van der Waals surface area (Å²) in [6, 6.07) is 3.58. The molecule has 0 aliphatic heterocycles. The predicted molar refractivity (Wildman–Crippen MR) is 104 cm³/mol. The van der Waals surface area contributed by atoms with Crippen LogP contribution in [0.4, 0.5) is 22.0 Å². The minimum atomic E-state index is -2.22. The van der Waals surface area contributed by atoms with E-state index in [0.29, 0.717) is 23.5 Å². The fourth-order valence-electron chi connectivity index (χ4n) is 3.63. The first kappa shape index (κ1) is 22.1. The number of oxime groups is 1. The maximum absolute atomic E-state index is 13.9. The van der Waals surface area contributed by atoms with Crippen LogP contribution in [-0.2, 0) is 16.9 Å². The number of likely N-dealkylation sites (N-methyl/N-ethyl adjacent to an activating group) is 1. The highest BCUT2D eigenvalue weighted by molar-refractivity contribution is 7.80. The second-order valence-electron chi connectivity index (χ2n) is 6.79. The van der Waals surface area contributed by atoms with Crippen LogP contribution < -0.4 is 5.32 Å². The molecule has 3 rings (SSSR count). The Balaban J connectivity index is 1.97. The summed E-state index contributed by atoms with van der Waals surface area (Å²) in [6.45, 7) is -0.926. The van der Waals surface area contributed by atoms with Gasteiger partial charge < -0.3 is 10.2 Å². The van der Waals surface area contributed by atoms with Crippen molar-refractivity contribution in [3.63, 3.8) is 0 Å². The van der Waals surface area contributed by atoms with Crippen molar-refractivity contribution in [1.29, 1.82) is 0 Å². The Hall–Kier alpha value is -2.62. The second-order valence-corrected chi connectivity index (χ2v) is 7.20. The first-order valence-corrected chi connectivity index (χ1v) is 9.57. The van der Waals surface area contributed by atoms with E-state index in [4.69, 9.17) is 17.1 Å². The molecule has 1 unspecified atom stereocenters. The summed E-state index contributed by atoms with van der Waals surface area (Å²) in [7, 11) is 1.67. The Labute approximate surface area is 175 Å². The third kappa shape index (κ3) is 3.76. The highest BCUT2D eigenvalue weighted by Gasteiger charge is 2.44. The molecule has 0 amide bonds. The van der Waals surface area contributed by atoms with Gasteiger partial charge >= 0.3 is 0 Å². The average Bonchev–Trinajstić information content (AvgIpc) is 2.79. The lowest BCUT2D eigenvalue weighted by Crippen LogP contribution is -2.50. The molecule has 1 heterocycles. The van der Waals surface area contributed by atoms with Gasteiger partial charge in [0.1, 0.15) is 6.61 Å². The molecule has 1 aromatic heterocycles. The SMILES string of the molecule is CNC(=S)C1(c2cccnc2)CCCCC1=NOCc1c(F)c(F)c(F)c(F)c1F. The third-order valence-corrected chi connectivity index (χ3v) is 5.71. The number of halogens is 5. The first-order chi connectivity index (χ1) is 14.3. The van der Waals surface area contributed by atoms with Crippen LogP contribution in [0.15, 0.2) is 29.7 Å². The van der Waals surface area contributed by atoms with Gasteiger partial charge in [-0.3, -0.25) is 4.98 Å². The quantitative estimate of drug-likeness (QED) is 0.239. The fourth-order valence-corrected chi connectivity index (χ4v) is 3.97. The number of hydrogen-bond donors (Lipinski definition) is 1. The van der Waals surface area contributed by atoms with Gasteiger partial charge in [-0.2, -0.15) is 0 Å². The molecule has 1 saturated carbocycles. The van der Waals surface area contributed by atoms with E-state index in [0.717, 1.165) is 18.4 Å². The molecule has 1 aliphatic carbocycles. The van der Waals surface area contributed by atoms with E-state index in [1.54, 1.807) is 25.5 Å². The van der Waals surface area contributed by atoms with Gasteiger partial charge in [-0.1, -0.05) is 29.9 Å². The fraction of sp³-hybridized carbons (Fsp3) is 0.350. The van der Waals surface area contributed by atoms with E-state index in [1.165, 1.54) is 0 Å². The van der Waals surface area contributed by atoms with Crippen LogP contribution in [0, 0.1) is 29.1 Å². The largest absolute Gasteiger partial charge is 0.391 e. The lowest BCUT2D eigenvalue weighted by Gasteiger charge is -2.38. The van der Waals surface area contributed by atoms with E-state index in [9.17, 15) is 22.0 Å². The van der Waals surface area contributed by atoms with Crippen LogP contribution in [0.1, 0.15) is 36.8 Å². The molecule has 160 valence electrons. The van der Waals surface area contributed by atoms with Gasteiger partial charge in [0.25, 0.3) is 0 Å². The maximum Gasteiger partial charge on any atom is 0.200 e. The van der Waals surface area contributed by atoms with Gasteiger partial charge in [0.2, 0.25) is 5.82 Å². The van der Waals surface area contributed by atoms with Gasteiger partial charge in [-0.25, -0.2) is 22.0 Å². The zero-order valence-corrected chi connectivity index (χ0v) is 16.8. The number of nitrogens with zero attached hydrogens (tertiary/aromatic N) is 2. The van der Waals surface area contributed by atoms with Crippen LogP contribution in [0.2, 0.25) is 0 Å². The molecule has 0 bridgehead atoms. The minimum Gasteiger partial charge on any atom is -0.391 e. The van der Waals surface area contributed by atoms with E-state index >= 15 is 0 Å². The standard InChI is InChI=1S/C20H18F5N3OS/c1-26-19(30)20(11-5-4-8-27-9-11)7-3-2-6-13(20)28-29-10-12-14(21)16(23)18(25)17(24)15(12)22/h4-5,8-9H,2-3,6-7,10H2,1H3,(H,26,30). The molecule has 1 aliphatic rings. The second kappa shape index (κ2) is 9.03. The van der Waals surface area contributed by atoms with E-state index < -0.39 is 46.7 Å². The molecule has 10 heteroatoms. The molecule has 0 saturated heterocycles. The van der Waals surface area contributed by atoms with Gasteiger partial charge in [0, 0.05) is 19.4 Å². The highest BCUT2D eigenvalue weighted by atomic mass is 32.1. The number of nitrogens with one attached hydrogen (secondary N) is 1. The summed E-state index contributed by atoms with van der Waals surface area (Å²) >= 11 is 5.54. The molecular weight excluding hydrogens is 425 g/mol. The number of hydrogen-bond acceptors (Lipinski definition) is 4. The molecule has 1 fully saturated rings. The summed E-state index contributed by atoms with van der Waals surface area (Å²) in [5, 5.41) is 6.99. The molecule has 1 aromatic carbocycles. The van der Waals surface area contributed by atoms with Crippen LogP contribution in [0.3, 0.4) is 0 Å². The van der Waals surface area contributed by atoms with E-state index in [1.807, 2.05) is 6.07 Å². The molecule has 1 N–H and O–H groups in total. The van der Waals surface area contributed by atoms with Crippen molar-refractivity contribution in [2.45, 2.75) is 37.7 Å². The van der Waals surface area contributed by atoms with Crippen molar-refractivity contribution in [3.05, 3.63) is 64.7 Å². The molecule has 30 heavy (non-hydrogen) atoms. The summed E-state index contributed by atoms with van der Waals surface area (Å²) in [4.78, 5) is 9.69. The van der Waals surface area contributed by atoms with Crippen molar-refractivity contribution in [2.24, 2.45) is 5.16 Å². The van der Waals surface area contributed by atoms with Crippen molar-refractivity contribution in [2.75, 3.05) is 7.05 Å². The lowest BCUT2D eigenvalue weighted by molar-refractivity contribution is 0.120. The summed E-state index contributed by atoms with van der Waals surface area (Å²) in [6.07, 6.45) is 5.96. The number of benzene rings is 1. The monoisotopic (exact) mass is 443 g/mol. The number of pyridine rings is 1. The van der Waals surface area contributed by atoms with Crippen molar-refractivity contribution < 1.29 is 26.8 Å².